The summed E-state index contributed by atoms with van der Waals surface area (Å²) in [5.74, 6) is 4.94. The molecule has 0 radical (unpaired) electrons. The number of ether oxygens (including phenoxy) is 2. The third kappa shape index (κ3) is 5.36. The van der Waals surface area contributed by atoms with Gasteiger partial charge in [-0.3, -0.25) is 0 Å². The Morgan fingerprint density at radius 3 is 2.40 bits per heavy atom. The lowest BCUT2D eigenvalue weighted by atomic mass is 9.47. The van der Waals surface area contributed by atoms with Crippen LogP contribution in [0.3, 0.4) is 0 Å². The van der Waals surface area contributed by atoms with E-state index < -0.39 is 37.3 Å². The maximum absolute atomic E-state index is 10.5. The van der Waals surface area contributed by atoms with Gasteiger partial charge < -0.3 is 29.9 Å². The minimum absolute atomic E-state index is 0.0991. The molecule has 6 heteroatoms. The van der Waals surface area contributed by atoms with Crippen LogP contribution >= 0.6 is 0 Å². The number of aliphatic hydroxyl groups excluding tert-OH is 4. The van der Waals surface area contributed by atoms with Gasteiger partial charge in [0.1, 0.15) is 24.4 Å². The van der Waals surface area contributed by atoms with Gasteiger partial charge in [-0.15, -0.1) is 0 Å². The molecule has 0 bridgehead atoms. The van der Waals surface area contributed by atoms with Crippen LogP contribution in [-0.4, -0.2) is 63.8 Å². The van der Waals surface area contributed by atoms with E-state index in [1.165, 1.54) is 63.4 Å². The molecule has 6 nitrogen and oxygen atoms in total. The van der Waals surface area contributed by atoms with E-state index in [0.29, 0.717) is 5.41 Å². The molecule has 13 atom stereocenters. The first-order chi connectivity index (χ1) is 19.1. The fourth-order valence-electron chi connectivity index (χ4n) is 10.5. The van der Waals surface area contributed by atoms with Crippen molar-refractivity contribution in [1.82, 2.24) is 0 Å². The van der Waals surface area contributed by atoms with Gasteiger partial charge in [0.05, 0.1) is 12.7 Å². The minimum atomic E-state index is -1.39. The predicted octanol–water partition coefficient (Wildman–Crippen LogP) is 5.60. The maximum Gasteiger partial charge on any atom is 0.186 e. The van der Waals surface area contributed by atoms with Crippen molar-refractivity contribution in [3.63, 3.8) is 0 Å². The number of hydrogen-bond acceptors (Lipinski definition) is 6. The molecule has 0 aromatic carbocycles. The van der Waals surface area contributed by atoms with Gasteiger partial charge in [0.15, 0.2) is 6.29 Å². The molecule has 0 aromatic heterocycles. The summed E-state index contributed by atoms with van der Waals surface area (Å²) < 4.78 is 11.9. The molecule has 4 N–H and O–H groups in total. The number of fused-ring (bicyclic) bond motifs is 5. The molecular formula is C34H58O6. The second-order valence-corrected chi connectivity index (χ2v) is 14.9. The van der Waals surface area contributed by atoms with Crippen molar-refractivity contribution in [2.75, 3.05) is 6.61 Å². The lowest BCUT2D eigenvalue weighted by Crippen LogP contribution is -2.60. The van der Waals surface area contributed by atoms with E-state index in [1.807, 2.05) is 0 Å². The van der Waals surface area contributed by atoms with Crippen molar-refractivity contribution in [2.45, 2.75) is 148 Å². The van der Waals surface area contributed by atoms with E-state index >= 15 is 0 Å². The molecule has 1 heterocycles. The first-order valence-corrected chi connectivity index (χ1v) is 16.7. The van der Waals surface area contributed by atoms with Crippen LogP contribution in [0.2, 0.25) is 0 Å². The standard InChI is InChI=1S/C34H58O6/c1-6-21(7-2)9-8-20(3)25-12-13-26-24-11-10-22-18-23(14-16-33(22,4)27(24)15-17-34(25,26)5)39-32-31(38)30(37)29(36)28(19-35)40-32/h10,20-21,23-32,35-38H,6-9,11-19H2,1-5H3. The van der Waals surface area contributed by atoms with Crippen molar-refractivity contribution in [1.29, 1.82) is 0 Å². The first-order valence-electron chi connectivity index (χ1n) is 16.7. The molecule has 5 aliphatic rings. The molecule has 4 aliphatic carbocycles. The molecule has 0 spiro atoms. The zero-order valence-electron chi connectivity index (χ0n) is 25.8. The number of aliphatic hydroxyl groups is 4. The first kappa shape index (κ1) is 30.9. The van der Waals surface area contributed by atoms with Crippen LogP contribution < -0.4 is 0 Å². The second kappa shape index (κ2) is 12.2. The Balaban J connectivity index is 1.24. The lowest BCUT2D eigenvalue weighted by Gasteiger charge is -2.58. The fraction of sp³-hybridized carbons (Fsp3) is 0.941. The molecule has 4 fully saturated rings. The summed E-state index contributed by atoms with van der Waals surface area (Å²) in [5.41, 5.74) is 2.20. The Morgan fingerprint density at radius 1 is 0.950 bits per heavy atom. The third-order valence-corrected chi connectivity index (χ3v) is 13.2. The molecule has 3 saturated carbocycles. The largest absolute Gasteiger partial charge is 0.394 e. The zero-order chi connectivity index (χ0) is 28.8. The normalized spacial score (nSPS) is 47.8. The van der Waals surface area contributed by atoms with Crippen LogP contribution in [0.25, 0.3) is 0 Å². The van der Waals surface area contributed by atoms with Gasteiger partial charge in [0, 0.05) is 0 Å². The van der Waals surface area contributed by atoms with Crippen molar-refractivity contribution < 1.29 is 29.9 Å². The summed E-state index contributed by atoms with van der Waals surface area (Å²) in [4.78, 5) is 0. The van der Waals surface area contributed by atoms with Gasteiger partial charge in [0.25, 0.3) is 0 Å². The summed E-state index contributed by atoms with van der Waals surface area (Å²) in [6.45, 7) is 12.0. The van der Waals surface area contributed by atoms with E-state index in [4.69, 9.17) is 9.47 Å². The Bertz CT molecular complexity index is 886. The Hall–Kier alpha value is -0.500. The highest BCUT2D eigenvalue weighted by Gasteiger charge is 2.59. The van der Waals surface area contributed by atoms with Crippen molar-refractivity contribution in [2.24, 2.45) is 46.3 Å². The van der Waals surface area contributed by atoms with E-state index in [9.17, 15) is 20.4 Å². The van der Waals surface area contributed by atoms with Crippen LogP contribution in [0.4, 0.5) is 0 Å². The second-order valence-electron chi connectivity index (χ2n) is 14.9. The summed E-state index contributed by atoms with van der Waals surface area (Å²) in [5, 5.41) is 40.4. The van der Waals surface area contributed by atoms with Gasteiger partial charge in [0.2, 0.25) is 0 Å². The molecule has 230 valence electrons. The zero-order valence-corrected chi connectivity index (χ0v) is 25.8. The predicted molar refractivity (Wildman–Crippen MR) is 156 cm³/mol. The van der Waals surface area contributed by atoms with Crippen LogP contribution in [0, 0.1) is 46.3 Å². The summed E-state index contributed by atoms with van der Waals surface area (Å²) >= 11 is 0. The van der Waals surface area contributed by atoms with E-state index in [0.717, 1.165) is 54.8 Å². The average molecular weight is 563 g/mol. The summed E-state index contributed by atoms with van der Waals surface area (Å²) in [6, 6.07) is 0. The molecular weight excluding hydrogens is 504 g/mol. The highest BCUT2D eigenvalue weighted by Crippen LogP contribution is 2.67. The number of rotatable bonds is 9. The fourth-order valence-corrected chi connectivity index (χ4v) is 10.5. The molecule has 1 saturated heterocycles. The van der Waals surface area contributed by atoms with E-state index in [2.05, 4.69) is 40.7 Å². The van der Waals surface area contributed by atoms with Crippen molar-refractivity contribution in [3.05, 3.63) is 11.6 Å². The molecule has 13 unspecified atom stereocenters. The third-order valence-electron chi connectivity index (χ3n) is 13.2. The van der Waals surface area contributed by atoms with Gasteiger partial charge in [-0.2, -0.15) is 0 Å². The molecule has 40 heavy (non-hydrogen) atoms. The summed E-state index contributed by atoms with van der Waals surface area (Å²) in [6.07, 6.45) is 11.3. The lowest BCUT2D eigenvalue weighted by molar-refractivity contribution is -0.313. The van der Waals surface area contributed by atoms with Crippen LogP contribution in [0.15, 0.2) is 11.6 Å². The molecule has 0 aromatic rings. The number of allylic oxidation sites excluding steroid dienone is 1. The van der Waals surface area contributed by atoms with E-state index in [-0.39, 0.29) is 11.5 Å². The Kier molecular flexibility index (Phi) is 9.47. The van der Waals surface area contributed by atoms with Gasteiger partial charge in [-0.1, -0.05) is 72.0 Å². The maximum atomic E-state index is 10.5. The Morgan fingerprint density at radius 2 is 1.70 bits per heavy atom. The van der Waals surface area contributed by atoms with Gasteiger partial charge in [-0.05, 0) is 97.7 Å². The van der Waals surface area contributed by atoms with Crippen LogP contribution in [-0.2, 0) is 9.47 Å². The molecule has 0 amide bonds. The highest BCUT2D eigenvalue weighted by atomic mass is 16.7. The monoisotopic (exact) mass is 562 g/mol. The summed E-state index contributed by atoms with van der Waals surface area (Å²) in [7, 11) is 0. The van der Waals surface area contributed by atoms with Crippen molar-refractivity contribution in [3.8, 4) is 0 Å². The van der Waals surface area contributed by atoms with E-state index in [1.54, 1.807) is 0 Å². The average Bonchev–Trinajstić information content (AvgIpc) is 3.31. The smallest absolute Gasteiger partial charge is 0.186 e. The topological polar surface area (TPSA) is 99.4 Å². The van der Waals surface area contributed by atoms with Gasteiger partial charge >= 0.3 is 0 Å². The highest BCUT2D eigenvalue weighted by molar-refractivity contribution is 5.25. The molecule has 1 aliphatic heterocycles. The van der Waals surface area contributed by atoms with Crippen LogP contribution in [0.5, 0.6) is 0 Å². The minimum Gasteiger partial charge on any atom is -0.394 e. The van der Waals surface area contributed by atoms with Crippen LogP contribution in [0.1, 0.15) is 112 Å². The quantitative estimate of drug-likeness (QED) is 0.273. The number of hydrogen-bond donors (Lipinski definition) is 4. The Labute approximate surface area is 242 Å². The van der Waals surface area contributed by atoms with Crippen molar-refractivity contribution >= 4 is 0 Å². The van der Waals surface area contributed by atoms with Gasteiger partial charge in [-0.25, -0.2) is 0 Å². The molecule has 5 rings (SSSR count). The SMILES string of the molecule is CCC(CC)CCC(C)C1CCC2C3CC=C4CC(OC5OC(CO)C(O)C(O)C5O)CCC4(C)C3CCC12C.